The summed E-state index contributed by atoms with van der Waals surface area (Å²) in [5.41, 5.74) is 0.658. The molecule has 4 nitrogen and oxygen atoms in total. The summed E-state index contributed by atoms with van der Waals surface area (Å²) in [4.78, 5) is 3.58. The molecule has 80 valence electrons. The molecule has 0 spiro atoms. The summed E-state index contributed by atoms with van der Waals surface area (Å²) in [7, 11) is 1.70. The summed E-state index contributed by atoms with van der Waals surface area (Å²) in [5, 5.41) is 12.8. The van der Waals surface area contributed by atoms with Crippen LogP contribution in [0, 0.1) is 17.1 Å². The zero-order valence-corrected chi connectivity index (χ0v) is 9.03. The zero-order chi connectivity index (χ0) is 11.7. The number of hydrogen-bond donors (Lipinski definition) is 0. The number of rotatable bonds is 1. The van der Waals surface area contributed by atoms with Gasteiger partial charge < -0.3 is 0 Å². The molecule has 0 fully saturated rings. The summed E-state index contributed by atoms with van der Waals surface area (Å²) < 4.78 is 15.1. The van der Waals surface area contributed by atoms with Crippen LogP contribution in [0.1, 0.15) is 5.56 Å². The van der Waals surface area contributed by atoms with E-state index in [2.05, 4.69) is 10.1 Å². The molecule has 0 aliphatic heterocycles. The van der Waals surface area contributed by atoms with Gasteiger partial charge in [0.2, 0.25) is 0 Å². The Hall–Kier alpha value is -1.93. The van der Waals surface area contributed by atoms with Gasteiger partial charge in [-0.3, -0.25) is 4.68 Å². The highest BCUT2D eigenvalue weighted by atomic mass is 35.5. The van der Waals surface area contributed by atoms with E-state index in [1.165, 1.54) is 10.9 Å². The first-order chi connectivity index (χ1) is 7.63. The molecule has 0 atom stereocenters. The third-order valence-corrected chi connectivity index (χ3v) is 2.38. The molecular formula is C10H6ClFN4. The predicted molar refractivity (Wildman–Crippen MR) is 56.1 cm³/mol. The number of hydrogen-bond acceptors (Lipinski definition) is 3. The quantitative estimate of drug-likeness (QED) is 0.713. The Kier molecular flexibility index (Phi) is 2.59. The fraction of sp³-hybridized carbons (Fsp3) is 0.100. The molecule has 2 heterocycles. The van der Waals surface area contributed by atoms with E-state index >= 15 is 0 Å². The van der Waals surface area contributed by atoms with E-state index in [1.54, 1.807) is 13.2 Å². The molecule has 0 amide bonds. The van der Waals surface area contributed by atoms with Gasteiger partial charge in [-0.05, 0) is 0 Å². The van der Waals surface area contributed by atoms with Crippen LogP contribution in [-0.2, 0) is 7.05 Å². The lowest BCUT2D eigenvalue weighted by Crippen LogP contribution is -1.93. The van der Waals surface area contributed by atoms with Crippen LogP contribution in [0.25, 0.3) is 11.1 Å². The molecular weight excluding hydrogens is 231 g/mol. The van der Waals surface area contributed by atoms with Gasteiger partial charge >= 0.3 is 0 Å². The minimum absolute atomic E-state index is 0.0113. The predicted octanol–water partition coefficient (Wildman–Crippen LogP) is 2.15. The van der Waals surface area contributed by atoms with Crippen molar-refractivity contribution in [3.05, 3.63) is 35.1 Å². The van der Waals surface area contributed by atoms with Gasteiger partial charge in [-0.2, -0.15) is 10.4 Å². The van der Waals surface area contributed by atoms with Crippen molar-refractivity contribution in [1.29, 1.82) is 5.26 Å². The van der Waals surface area contributed by atoms with Gasteiger partial charge in [0.1, 0.15) is 16.8 Å². The molecule has 2 aromatic heterocycles. The smallest absolute Gasteiger partial charge is 0.150 e. The van der Waals surface area contributed by atoms with Crippen molar-refractivity contribution in [3.63, 3.8) is 0 Å². The van der Waals surface area contributed by atoms with Crippen LogP contribution in [-0.4, -0.2) is 14.8 Å². The monoisotopic (exact) mass is 236 g/mol. The van der Waals surface area contributed by atoms with E-state index in [9.17, 15) is 4.39 Å². The van der Waals surface area contributed by atoms with Gasteiger partial charge in [-0.25, -0.2) is 9.37 Å². The van der Waals surface area contributed by atoms with Gasteiger partial charge in [-0.1, -0.05) is 11.6 Å². The second kappa shape index (κ2) is 3.91. The van der Waals surface area contributed by atoms with E-state index < -0.39 is 5.82 Å². The Labute approximate surface area is 95.9 Å². The summed E-state index contributed by atoms with van der Waals surface area (Å²) >= 11 is 5.73. The third-order valence-electron chi connectivity index (χ3n) is 2.09. The molecule has 0 saturated heterocycles. The van der Waals surface area contributed by atoms with Crippen molar-refractivity contribution < 1.29 is 4.39 Å². The summed E-state index contributed by atoms with van der Waals surface area (Å²) in [6.07, 6.45) is 4.07. The Bertz CT molecular complexity index is 585. The molecule has 0 N–H and O–H groups in total. The number of aromatic nitrogens is 3. The highest BCUT2D eigenvalue weighted by Crippen LogP contribution is 2.29. The lowest BCUT2D eigenvalue weighted by atomic mass is 10.1. The second-order valence-corrected chi connectivity index (χ2v) is 3.52. The van der Waals surface area contributed by atoms with Gasteiger partial charge in [0.15, 0.2) is 5.82 Å². The summed E-state index contributed by atoms with van der Waals surface area (Å²) in [5.74, 6) is -0.589. The minimum Gasteiger partial charge on any atom is -0.275 e. The molecule has 0 aliphatic carbocycles. The molecule has 0 unspecified atom stereocenters. The largest absolute Gasteiger partial charge is 0.275 e. The normalized spacial score (nSPS) is 10.1. The lowest BCUT2D eigenvalue weighted by molar-refractivity contribution is 0.624. The molecule has 16 heavy (non-hydrogen) atoms. The summed E-state index contributed by atoms with van der Waals surface area (Å²) in [6, 6.07) is 1.84. The molecule has 0 bridgehead atoms. The number of halogens is 2. The maximum Gasteiger partial charge on any atom is 0.150 e. The molecule has 0 aromatic carbocycles. The molecule has 6 heteroatoms. The first kappa shape index (κ1) is 10.6. The number of aryl methyl sites for hydroxylation is 1. The summed E-state index contributed by atoms with van der Waals surface area (Å²) in [6.45, 7) is 0. The number of pyridine rings is 1. The van der Waals surface area contributed by atoms with Gasteiger partial charge in [-0.15, -0.1) is 0 Å². The third kappa shape index (κ3) is 1.64. The standard InChI is InChI=1S/C10H6ClFN4/c1-16-5-6(3-15-16)9-7(2-13)10(11)14-4-8(9)12/h3-5H,1H3. The molecule has 0 saturated carbocycles. The molecule has 2 rings (SSSR count). The number of nitrogens with zero attached hydrogens (tertiary/aromatic N) is 4. The Morgan fingerprint density at radius 1 is 1.50 bits per heavy atom. The maximum atomic E-state index is 13.6. The topological polar surface area (TPSA) is 54.5 Å². The Morgan fingerprint density at radius 2 is 2.25 bits per heavy atom. The van der Waals surface area contributed by atoms with Crippen LogP contribution in [0.3, 0.4) is 0 Å². The van der Waals surface area contributed by atoms with Crippen molar-refractivity contribution >= 4 is 11.6 Å². The molecule has 0 radical (unpaired) electrons. The Morgan fingerprint density at radius 3 is 2.81 bits per heavy atom. The van der Waals surface area contributed by atoms with E-state index in [0.717, 1.165) is 6.20 Å². The molecule has 2 aromatic rings. The van der Waals surface area contributed by atoms with Crippen LogP contribution in [0.15, 0.2) is 18.6 Å². The van der Waals surface area contributed by atoms with Crippen LogP contribution in [0.4, 0.5) is 4.39 Å². The van der Waals surface area contributed by atoms with Crippen molar-refractivity contribution in [2.45, 2.75) is 0 Å². The van der Waals surface area contributed by atoms with E-state index in [-0.39, 0.29) is 16.3 Å². The van der Waals surface area contributed by atoms with Crippen molar-refractivity contribution in [3.8, 4) is 17.2 Å². The van der Waals surface area contributed by atoms with Crippen molar-refractivity contribution in [2.24, 2.45) is 7.05 Å². The second-order valence-electron chi connectivity index (χ2n) is 3.16. The van der Waals surface area contributed by atoms with Crippen LogP contribution >= 0.6 is 11.6 Å². The minimum atomic E-state index is -0.589. The highest BCUT2D eigenvalue weighted by molar-refractivity contribution is 6.31. The molecule has 0 aliphatic rings. The fourth-order valence-electron chi connectivity index (χ4n) is 1.40. The van der Waals surface area contributed by atoms with Gasteiger partial charge in [0.25, 0.3) is 0 Å². The van der Waals surface area contributed by atoms with Crippen molar-refractivity contribution in [1.82, 2.24) is 14.8 Å². The van der Waals surface area contributed by atoms with Crippen LogP contribution in [0.5, 0.6) is 0 Å². The van der Waals surface area contributed by atoms with Crippen LogP contribution < -0.4 is 0 Å². The fourth-order valence-corrected chi connectivity index (χ4v) is 1.59. The zero-order valence-electron chi connectivity index (χ0n) is 8.28. The van der Waals surface area contributed by atoms with Gasteiger partial charge in [0, 0.05) is 24.4 Å². The van der Waals surface area contributed by atoms with E-state index in [0.29, 0.717) is 5.56 Å². The maximum absolute atomic E-state index is 13.6. The van der Waals surface area contributed by atoms with Gasteiger partial charge in [0.05, 0.1) is 12.4 Å². The highest BCUT2D eigenvalue weighted by Gasteiger charge is 2.16. The average molecular weight is 237 g/mol. The van der Waals surface area contributed by atoms with Crippen LogP contribution in [0.2, 0.25) is 5.15 Å². The van der Waals surface area contributed by atoms with E-state index in [4.69, 9.17) is 16.9 Å². The lowest BCUT2D eigenvalue weighted by Gasteiger charge is -2.03. The van der Waals surface area contributed by atoms with E-state index in [1.807, 2.05) is 6.07 Å². The Balaban J connectivity index is 2.73. The first-order valence-electron chi connectivity index (χ1n) is 4.36. The number of nitriles is 1. The average Bonchev–Trinajstić information content (AvgIpc) is 2.67. The SMILES string of the molecule is Cn1cc(-c2c(F)cnc(Cl)c2C#N)cn1. The van der Waals surface area contributed by atoms with Crippen molar-refractivity contribution in [2.75, 3.05) is 0 Å². The first-order valence-corrected chi connectivity index (χ1v) is 4.74.